The van der Waals surface area contributed by atoms with E-state index in [9.17, 15) is 4.79 Å². The Morgan fingerprint density at radius 1 is 1.56 bits per heavy atom. The Kier molecular flexibility index (Phi) is 3.42. The number of hydrogen-bond acceptors (Lipinski definition) is 3. The minimum absolute atomic E-state index is 0.0579. The van der Waals surface area contributed by atoms with Gasteiger partial charge in [0, 0.05) is 7.11 Å². The van der Waals surface area contributed by atoms with Gasteiger partial charge in [0.15, 0.2) is 5.78 Å². The first-order valence-corrected chi connectivity index (χ1v) is 2.91. The van der Waals surface area contributed by atoms with Crippen molar-refractivity contribution in [2.75, 3.05) is 7.11 Å². The molecular weight excluding hydrogens is 118 g/mol. The molecule has 9 heavy (non-hydrogen) atoms. The number of nitrogens with two attached hydrogens (primary N) is 1. The molecule has 3 nitrogen and oxygen atoms in total. The molecule has 0 aromatic heterocycles. The lowest BCUT2D eigenvalue weighted by Crippen LogP contribution is -2.35. The van der Waals surface area contributed by atoms with Crippen LogP contribution in [0.15, 0.2) is 0 Å². The van der Waals surface area contributed by atoms with Crippen LogP contribution in [0.25, 0.3) is 0 Å². The van der Waals surface area contributed by atoms with E-state index in [1.165, 1.54) is 7.11 Å². The van der Waals surface area contributed by atoms with Gasteiger partial charge in [-0.05, 0) is 13.8 Å². The van der Waals surface area contributed by atoms with Crippen LogP contribution in [0.1, 0.15) is 13.8 Å². The Morgan fingerprint density at radius 2 is 2.00 bits per heavy atom. The second kappa shape index (κ2) is 3.58. The van der Waals surface area contributed by atoms with Crippen LogP contribution in [0.5, 0.6) is 0 Å². The van der Waals surface area contributed by atoms with E-state index in [1.807, 2.05) is 0 Å². The van der Waals surface area contributed by atoms with Crippen LogP contribution in [0.2, 0.25) is 0 Å². The van der Waals surface area contributed by atoms with Gasteiger partial charge in [0.25, 0.3) is 0 Å². The van der Waals surface area contributed by atoms with Gasteiger partial charge in [-0.3, -0.25) is 4.79 Å². The summed E-state index contributed by atoms with van der Waals surface area (Å²) in [5.41, 5.74) is 5.28. The molecular formula is C6H13NO2. The van der Waals surface area contributed by atoms with Gasteiger partial charge in [0.2, 0.25) is 0 Å². The minimum atomic E-state index is -0.417. The van der Waals surface area contributed by atoms with Gasteiger partial charge in [-0.1, -0.05) is 0 Å². The van der Waals surface area contributed by atoms with Gasteiger partial charge in [-0.25, -0.2) is 0 Å². The number of hydrogen-bond donors (Lipinski definition) is 1. The van der Waals surface area contributed by atoms with Gasteiger partial charge >= 0.3 is 0 Å². The molecule has 0 amide bonds. The SMILES string of the molecule is COC(C)C(=O)C(C)N. The predicted octanol–water partition coefficient (Wildman–Crippen LogP) is -0.0624. The standard InChI is InChI=1S/C6H13NO2/c1-4(7)6(8)5(2)9-3/h4-5H,7H2,1-3H3. The lowest BCUT2D eigenvalue weighted by atomic mass is 10.1. The number of Topliss-reactive ketones (excluding diaryl/α,β-unsaturated/α-hetero) is 1. The first kappa shape index (κ1) is 8.59. The summed E-state index contributed by atoms with van der Waals surface area (Å²) in [4.78, 5) is 10.8. The van der Waals surface area contributed by atoms with Crippen molar-refractivity contribution in [1.29, 1.82) is 0 Å². The average molecular weight is 131 g/mol. The van der Waals surface area contributed by atoms with Gasteiger partial charge in [0.1, 0.15) is 6.10 Å². The van der Waals surface area contributed by atoms with E-state index >= 15 is 0 Å². The maximum absolute atomic E-state index is 10.8. The highest BCUT2D eigenvalue weighted by Crippen LogP contribution is 1.92. The molecule has 0 aromatic carbocycles. The maximum atomic E-state index is 10.8. The first-order valence-electron chi connectivity index (χ1n) is 2.91. The van der Waals surface area contributed by atoms with E-state index in [0.29, 0.717) is 0 Å². The monoisotopic (exact) mass is 131 g/mol. The lowest BCUT2D eigenvalue weighted by Gasteiger charge is -2.09. The fourth-order valence-electron chi connectivity index (χ4n) is 0.486. The number of carbonyl (C=O) groups is 1. The first-order chi connectivity index (χ1) is 4.09. The molecule has 0 fully saturated rings. The Bertz CT molecular complexity index is 101. The van der Waals surface area contributed by atoms with Gasteiger partial charge in [-0.15, -0.1) is 0 Å². The van der Waals surface area contributed by atoms with E-state index in [-0.39, 0.29) is 11.9 Å². The molecule has 0 rings (SSSR count). The molecule has 0 bridgehead atoms. The third-order valence-corrected chi connectivity index (χ3v) is 1.20. The van der Waals surface area contributed by atoms with Gasteiger partial charge in [0.05, 0.1) is 6.04 Å². The summed E-state index contributed by atoms with van der Waals surface area (Å²) in [5, 5.41) is 0. The Balaban J connectivity index is 3.73. The molecule has 0 aliphatic carbocycles. The van der Waals surface area contributed by atoms with E-state index in [4.69, 9.17) is 10.5 Å². The van der Waals surface area contributed by atoms with Crippen LogP contribution >= 0.6 is 0 Å². The van der Waals surface area contributed by atoms with Crippen LogP contribution in [-0.4, -0.2) is 25.0 Å². The normalized spacial score (nSPS) is 16.9. The summed E-state index contributed by atoms with van der Waals surface area (Å²) in [7, 11) is 1.49. The Labute approximate surface area is 55.2 Å². The Morgan fingerprint density at radius 3 is 2.11 bits per heavy atom. The molecule has 3 heteroatoms. The van der Waals surface area contributed by atoms with Crippen molar-refractivity contribution in [3.05, 3.63) is 0 Å². The van der Waals surface area contributed by atoms with E-state index < -0.39 is 6.04 Å². The second-order valence-corrected chi connectivity index (χ2v) is 2.07. The lowest BCUT2D eigenvalue weighted by molar-refractivity contribution is -0.128. The molecule has 0 aromatic rings. The molecule has 0 radical (unpaired) electrons. The topological polar surface area (TPSA) is 52.3 Å². The molecule has 0 aliphatic rings. The largest absolute Gasteiger partial charge is 0.374 e. The fraction of sp³-hybridized carbons (Fsp3) is 0.833. The minimum Gasteiger partial charge on any atom is -0.374 e. The van der Waals surface area contributed by atoms with Crippen molar-refractivity contribution in [3.8, 4) is 0 Å². The van der Waals surface area contributed by atoms with Crippen LogP contribution in [-0.2, 0) is 9.53 Å². The van der Waals surface area contributed by atoms with Crippen molar-refractivity contribution >= 4 is 5.78 Å². The molecule has 2 N–H and O–H groups in total. The molecule has 0 aliphatic heterocycles. The summed E-state index contributed by atoms with van der Waals surface area (Å²) in [6.45, 7) is 3.34. The fourth-order valence-corrected chi connectivity index (χ4v) is 0.486. The predicted molar refractivity (Wildman–Crippen MR) is 35.1 cm³/mol. The van der Waals surface area contributed by atoms with Gasteiger partial charge in [-0.2, -0.15) is 0 Å². The summed E-state index contributed by atoms with van der Waals surface area (Å²) < 4.78 is 4.74. The average Bonchev–Trinajstić information content (AvgIpc) is 1.84. The molecule has 0 spiro atoms. The third-order valence-electron chi connectivity index (χ3n) is 1.20. The number of ketones is 1. The van der Waals surface area contributed by atoms with Gasteiger partial charge < -0.3 is 10.5 Å². The summed E-state index contributed by atoms with van der Waals surface area (Å²) in [6.07, 6.45) is -0.370. The van der Waals surface area contributed by atoms with Crippen LogP contribution in [0.3, 0.4) is 0 Å². The third kappa shape index (κ3) is 2.58. The molecule has 0 heterocycles. The van der Waals surface area contributed by atoms with Crippen LogP contribution in [0, 0.1) is 0 Å². The molecule has 2 unspecified atom stereocenters. The highest BCUT2D eigenvalue weighted by atomic mass is 16.5. The number of carbonyl (C=O) groups excluding carboxylic acids is 1. The molecule has 0 saturated carbocycles. The zero-order chi connectivity index (χ0) is 7.44. The van der Waals surface area contributed by atoms with E-state index in [0.717, 1.165) is 0 Å². The molecule has 54 valence electrons. The highest BCUT2D eigenvalue weighted by molar-refractivity contribution is 5.87. The van der Waals surface area contributed by atoms with Crippen molar-refractivity contribution < 1.29 is 9.53 Å². The number of rotatable bonds is 3. The zero-order valence-corrected chi connectivity index (χ0v) is 6.05. The quantitative estimate of drug-likeness (QED) is 0.583. The maximum Gasteiger partial charge on any atom is 0.177 e. The number of ether oxygens (including phenoxy) is 1. The molecule has 0 saturated heterocycles. The zero-order valence-electron chi connectivity index (χ0n) is 6.05. The summed E-state index contributed by atoms with van der Waals surface area (Å²) >= 11 is 0. The second-order valence-electron chi connectivity index (χ2n) is 2.07. The van der Waals surface area contributed by atoms with Crippen molar-refractivity contribution in [2.45, 2.75) is 26.0 Å². The van der Waals surface area contributed by atoms with Crippen molar-refractivity contribution in [3.63, 3.8) is 0 Å². The van der Waals surface area contributed by atoms with E-state index in [2.05, 4.69) is 0 Å². The molecule has 2 atom stereocenters. The highest BCUT2D eigenvalue weighted by Gasteiger charge is 2.14. The Hall–Kier alpha value is -0.410. The van der Waals surface area contributed by atoms with Crippen molar-refractivity contribution in [2.24, 2.45) is 5.73 Å². The van der Waals surface area contributed by atoms with E-state index in [1.54, 1.807) is 13.8 Å². The van der Waals surface area contributed by atoms with Crippen molar-refractivity contribution in [1.82, 2.24) is 0 Å². The summed E-state index contributed by atoms with van der Waals surface area (Å²) in [5.74, 6) is -0.0579. The summed E-state index contributed by atoms with van der Waals surface area (Å²) in [6, 6.07) is -0.417. The van der Waals surface area contributed by atoms with Crippen LogP contribution in [0.4, 0.5) is 0 Å². The number of methoxy groups -OCH3 is 1. The van der Waals surface area contributed by atoms with Crippen LogP contribution < -0.4 is 5.73 Å². The smallest absolute Gasteiger partial charge is 0.177 e.